The van der Waals surface area contributed by atoms with Crippen LogP contribution in [-0.2, 0) is 13.2 Å². The number of nitrogens with one attached hydrogen (secondary N) is 1. The van der Waals surface area contributed by atoms with Crippen LogP contribution in [0.3, 0.4) is 0 Å². The molecule has 27 heavy (non-hydrogen) atoms. The minimum atomic E-state index is 0.0399. The number of hydrogen-bond donors (Lipinski definition) is 2. The molecule has 0 bridgehead atoms. The summed E-state index contributed by atoms with van der Waals surface area (Å²) < 4.78 is 1.85. The molecule has 0 atom stereocenters. The van der Waals surface area contributed by atoms with Gasteiger partial charge in [0.15, 0.2) is 5.65 Å². The van der Waals surface area contributed by atoms with Gasteiger partial charge in [-0.3, -0.25) is 0 Å². The second-order valence-electron chi connectivity index (χ2n) is 6.77. The van der Waals surface area contributed by atoms with Crippen molar-refractivity contribution in [3.63, 3.8) is 0 Å². The smallest absolute Gasteiger partial charge is 0.154 e. The number of imidazole rings is 1. The van der Waals surface area contributed by atoms with E-state index in [0.717, 1.165) is 34.8 Å². The number of fused-ring (bicyclic) bond motifs is 1. The molecule has 0 amide bonds. The van der Waals surface area contributed by atoms with Gasteiger partial charge in [0.25, 0.3) is 0 Å². The van der Waals surface area contributed by atoms with E-state index >= 15 is 0 Å². The Bertz CT molecular complexity index is 1080. The predicted molar refractivity (Wildman–Crippen MR) is 108 cm³/mol. The van der Waals surface area contributed by atoms with Crippen LogP contribution < -0.4 is 5.32 Å². The molecule has 0 aliphatic heterocycles. The van der Waals surface area contributed by atoms with Crippen LogP contribution in [0.5, 0.6) is 0 Å². The van der Waals surface area contributed by atoms with E-state index in [-0.39, 0.29) is 6.61 Å². The maximum absolute atomic E-state index is 9.22. The van der Waals surface area contributed by atoms with Crippen LogP contribution in [0, 0.1) is 13.8 Å². The number of hydrogen-bond acceptors (Lipinski definition) is 4. The first-order valence-corrected chi connectivity index (χ1v) is 8.99. The summed E-state index contributed by atoms with van der Waals surface area (Å²) in [6.45, 7) is 5.00. The van der Waals surface area contributed by atoms with Crippen LogP contribution in [0.25, 0.3) is 16.9 Å². The molecule has 0 fully saturated rings. The van der Waals surface area contributed by atoms with Crippen molar-refractivity contribution in [2.45, 2.75) is 27.0 Å². The van der Waals surface area contributed by atoms with Crippen LogP contribution in [0.2, 0.25) is 0 Å². The van der Waals surface area contributed by atoms with Crippen molar-refractivity contribution in [3.05, 3.63) is 83.0 Å². The highest BCUT2D eigenvalue weighted by Crippen LogP contribution is 2.22. The maximum atomic E-state index is 9.22. The lowest BCUT2D eigenvalue weighted by atomic mass is 10.1. The Morgan fingerprint density at radius 3 is 2.56 bits per heavy atom. The average Bonchev–Trinajstić information content (AvgIpc) is 3.10. The molecule has 5 nitrogen and oxygen atoms in total. The van der Waals surface area contributed by atoms with Gasteiger partial charge in [0.2, 0.25) is 0 Å². The lowest BCUT2D eigenvalue weighted by Crippen LogP contribution is -2.05. The minimum absolute atomic E-state index is 0.0399. The van der Waals surface area contributed by atoms with E-state index < -0.39 is 0 Å². The summed E-state index contributed by atoms with van der Waals surface area (Å²) in [5.41, 5.74) is 7.42. The summed E-state index contributed by atoms with van der Waals surface area (Å²) in [4.78, 5) is 4.44. The van der Waals surface area contributed by atoms with Crippen molar-refractivity contribution >= 4 is 11.5 Å². The molecular weight excluding hydrogens is 336 g/mol. The number of aliphatic hydroxyl groups excluding tert-OH is 1. The van der Waals surface area contributed by atoms with Crippen molar-refractivity contribution < 1.29 is 5.11 Å². The fourth-order valence-electron chi connectivity index (χ4n) is 3.18. The third-order valence-electron chi connectivity index (χ3n) is 4.75. The Hall–Kier alpha value is -3.18. The molecule has 0 radical (unpaired) electrons. The van der Waals surface area contributed by atoms with E-state index in [2.05, 4.69) is 42.3 Å². The first-order valence-electron chi connectivity index (χ1n) is 8.99. The summed E-state index contributed by atoms with van der Waals surface area (Å²) >= 11 is 0. The van der Waals surface area contributed by atoms with Crippen LogP contribution >= 0.6 is 0 Å². The number of anilines is 1. The third-order valence-corrected chi connectivity index (χ3v) is 4.75. The fourth-order valence-corrected chi connectivity index (χ4v) is 3.18. The van der Waals surface area contributed by atoms with Gasteiger partial charge in [-0.2, -0.15) is 0 Å². The van der Waals surface area contributed by atoms with Gasteiger partial charge >= 0.3 is 0 Å². The van der Waals surface area contributed by atoms with E-state index in [1.807, 2.05) is 47.1 Å². The summed E-state index contributed by atoms with van der Waals surface area (Å²) in [5.74, 6) is 0.800. The van der Waals surface area contributed by atoms with E-state index in [0.29, 0.717) is 0 Å². The van der Waals surface area contributed by atoms with Crippen molar-refractivity contribution in [2.24, 2.45) is 0 Å². The molecule has 2 aromatic carbocycles. The Morgan fingerprint density at radius 1 is 1.00 bits per heavy atom. The van der Waals surface area contributed by atoms with Gasteiger partial charge < -0.3 is 10.4 Å². The molecule has 0 unspecified atom stereocenters. The molecule has 4 rings (SSSR count). The standard InChI is InChI=1S/C22H22N4O/c1-15-3-6-19(16(2)11-15)12-23-21-9-10-22-24-13-20(26(22)25-21)18-7-4-17(14-27)5-8-18/h3-11,13,27H,12,14H2,1-2H3,(H,23,25). The zero-order valence-electron chi connectivity index (χ0n) is 15.5. The fraction of sp³-hybridized carbons (Fsp3) is 0.182. The number of aromatic nitrogens is 3. The van der Waals surface area contributed by atoms with E-state index in [1.54, 1.807) is 0 Å². The molecule has 0 saturated heterocycles. The third kappa shape index (κ3) is 3.55. The first kappa shape index (κ1) is 17.2. The SMILES string of the molecule is Cc1ccc(CNc2ccc3ncc(-c4ccc(CO)cc4)n3n2)c(C)c1. The molecule has 0 aliphatic rings. The van der Waals surface area contributed by atoms with Crippen LogP contribution in [0.4, 0.5) is 5.82 Å². The Labute approximate surface area is 158 Å². The molecule has 4 aromatic rings. The summed E-state index contributed by atoms with van der Waals surface area (Å²) in [6.07, 6.45) is 1.82. The van der Waals surface area contributed by atoms with E-state index in [1.165, 1.54) is 16.7 Å². The minimum Gasteiger partial charge on any atom is -0.392 e. The molecule has 2 N–H and O–H groups in total. The number of benzene rings is 2. The largest absolute Gasteiger partial charge is 0.392 e. The monoisotopic (exact) mass is 358 g/mol. The average molecular weight is 358 g/mol. The van der Waals surface area contributed by atoms with Crippen LogP contribution in [-0.4, -0.2) is 19.7 Å². The second-order valence-corrected chi connectivity index (χ2v) is 6.77. The maximum Gasteiger partial charge on any atom is 0.154 e. The Morgan fingerprint density at radius 2 is 1.81 bits per heavy atom. The van der Waals surface area contributed by atoms with Crippen molar-refractivity contribution in [3.8, 4) is 11.3 Å². The van der Waals surface area contributed by atoms with E-state index in [9.17, 15) is 5.11 Å². The van der Waals surface area contributed by atoms with Gasteiger partial charge in [0.05, 0.1) is 18.5 Å². The number of aliphatic hydroxyl groups is 1. The zero-order chi connectivity index (χ0) is 18.8. The molecule has 2 aromatic heterocycles. The highest BCUT2D eigenvalue weighted by Gasteiger charge is 2.08. The molecule has 5 heteroatoms. The lowest BCUT2D eigenvalue weighted by Gasteiger charge is -2.10. The number of nitrogens with zero attached hydrogens (tertiary/aromatic N) is 3. The second kappa shape index (κ2) is 7.21. The van der Waals surface area contributed by atoms with Crippen molar-refractivity contribution in [2.75, 3.05) is 5.32 Å². The van der Waals surface area contributed by atoms with Crippen molar-refractivity contribution in [1.29, 1.82) is 0 Å². The molecule has 136 valence electrons. The molecular formula is C22H22N4O. The van der Waals surface area contributed by atoms with Crippen molar-refractivity contribution in [1.82, 2.24) is 14.6 Å². The highest BCUT2D eigenvalue weighted by atomic mass is 16.3. The zero-order valence-corrected chi connectivity index (χ0v) is 15.5. The lowest BCUT2D eigenvalue weighted by molar-refractivity contribution is 0.282. The topological polar surface area (TPSA) is 62.5 Å². The van der Waals surface area contributed by atoms with E-state index in [4.69, 9.17) is 5.10 Å². The molecule has 2 heterocycles. The summed E-state index contributed by atoms with van der Waals surface area (Å²) in [7, 11) is 0. The Balaban J connectivity index is 1.61. The predicted octanol–water partition coefficient (Wildman–Crippen LogP) is 4.12. The summed E-state index contributed by atoms with van der Waals surface area (Å²) in [6, 6.07) is 18.2. The normalized spacial score (nSPS) is 11.1. The Kier molecular flexibility index (Phi) is 4.60. The van der Waals surface area contributed by atoms with Gasteiger partial charge in [-0.25, -0.2) is 9.50 Å². The number of rotatable bonds is 5. The van der Waals surface area contributed by atoms with Crippen LogP contribution in [0.1, 0.15) is 22.3 Å². The first-order chi connectivity index (χ1) is 13.1. The summed E-state index contributed by atoms with van der Waals surface area (Å²) in [5, 5.41) is 17.3. The van der Waals surface area contributed by atoms with Gasteiger partial charge in [0, 0.05) is 12.1 Å². The van der Waals surface area contributed by atoms with Crippen LogP contribution in [0.15, 0.2) is 60.8 Å². The highest BCUT2D eigenvalue weighted by molar-refractivity contribution is 5.64. The van der Waals surface area contributed by atoms with Gasteiger partial charge in [0.1, 0.15) is 5.82 Å². The quantitative estimate of drug-likeness (QED) is 0.563. The van der Waals surface area contributed by atoms with Gasteiger partial charge in [-0.15, -0.1) is 5.10 Å². The molecule has 0 aliphatic carbocycles. The molecule has 0 spiro atoms. The molecule has 0 saturated carbocycles. The van der Waals surface area contributed by atoms with Gasteiger partial charge in [-0.1, -0.05) is 48.0 Å². The number of aryl methyl sites for hydroxylation is 2. The van der Waals surface area contributed by atoms with Gasteiger partial charge in [-0.05, 0) is 42.7 Å².